The number of carboxylic acid groups (broad SMARTS) is 1. The number of nitrogens with zero attached hydrogens (tertiary/aromatic N) is 2. The van der Waals surface area contributed by atoms with E-state index < -0.39 is 24.2 Å². The molecule has 4 aromatic rings. The predicted molar refractivity (Wildman–Crippen MR) is 112 cm³/mol. The fourth-order valence-corrected chi connectivity index (χ4v) is 3.14. The van der Waals surface area contributed by atoms with Crippen molar-refractivity contribution in [2.75, 3.05) is 6.54 Å². The summed E-state index contributed by atoms with van der Waals surface area (Å²) in [6.07, 6.45) is 1.37. The minimum atomic E-state index is -1.20. The first-order chi connectivity index (χ1) is 15.0. The lowest BCUT2D eigenvalue weighted by Gasteiger charge is -2.07. The fraction of sp³-hybridized carbons (Fsp3) is 0.0435. The Morgan fingerprint density at radius 2 is 1.58 bits per heavy atom. The zero-order valence-electron chi connectivity index (χ0n) is 16.1. The number of carboxylic acids is 1. The molecule has 2 heterocycles. The van der Waals surface area contributed by atoms with Crippen LogP contribution in [0.15, 0.2) is 77.4 Å². The van der Waals surface area contributed by atoms with Crippen molar-refractivity contribution >= 4 is 11.9 Å². The molecule has 0 atom stereocenters. The molecule has 1 amide bonds. The molecule has 31 heavy (non-hydrogen) atoms. The summed E-state index contributed by atoms with van der Waals surface area (Å²) >= 11 is 0. The van der Waals surface area contributed by atoms with Gasteiger partial charge in [0.2, 0.25) is 0 Å². The molecule has 8 nitrogen and oxygen atoms in total. The summed E-state index contributed by atoms with van der Waals surface area (Å²) in [6.45, 7) is -0.581. The fourth-order valence-electron chi connectivity index (χ4n) is 3.14. The quantitative estimate of drug-likeness (QED) is 0.439. The van der Waals surface area contributed by atoms with Gasteiger partial charge in [0.05, 0.1) is 5.56 Å². The van der Waals surface area contributed by atoms with Gasteiger partial charge in [-0.1, -0.05) is 65.8 Å². The van der Waals surface area contributed by atoms with E-state index in [9.17, 15) is 14.7 Å². The van der Waals surface area contributed by atoms with Crippen molar-refractivity contribution in [2.45, 2.75) is 0 Å². The Balaban J connectivity index is 1.78. The molecule has 0 spiro atoms. The Morgan fingerprint density at radius 1 is 0.935 bits per heavy atom. The average Bonchev–Trinajstić information content (AvgIpc) is 3.24. The molecule has 0 saturated heterocycles. The van der Waals surface area contributed by atoms with E-state index in [4.69, 9.17) is 9.63 Å². The Bertz CT molecular complexity index is 1240. The van der Waals surface area contributed by atoms with Crippen molar-refractivity contribution in [3.63, 3.8) is 0 Å². The van der Waals surface area contributed by atoms with Crippen molar-refractivity contribution in [1.82, 2.24) is 15.5 Å². The Kier molecular flexibility index (Phi) is 5.44. The monoisotopic (exact) mass is 415 g/mol. The van der Waals surface area contributed by atoms with E-state index in [1.54, 1.807) is 0 Å². The lowest BCUT2D eigenvalue weighted by Crippen LogP contribution is -2.29. The first kappa shape index (κ1) is 19.8. The van der Waals surface area contributed by atoms with E-state index in [1.165, 1.54) is 12.3 Å². The molecule has 0 aliphatic carbocycles. The van der Waals surface area contributed by atoms with Crippen LogP contribution in [0.4, 0.5) is 0 Å². The highest BCUT2D eigenvalue weighted by Crippen LogP contribution is 2.40. The molecule has 0 radical (unpaired) electrons. The van der Waals surface area contributed by atoms with Gasteiger partial charge in [0.15, 0.2) is 11.5 Å². The van der Waals surface area contributed by atoms with E-state index in [0.717, 1.165) is 16.7 Å². The molecular weight excluding hydrogens is 398 g/mol. The Hall–Kier alpha value is -4.46. The van der Waals surface area contributed by atoms with Crippen molar-refractivity contribution in [3.8, 4) is 39.5 Å². The first-order valence-corrected chi connectivity index (χ1v) is 9.34. The van der Waals surface area contributed by atoms with Crippen LogP contribution in [0, 0.1) is 0 Å². The Morgan fingerprint density at radius 3 is 2.19 bits per heavy atom. The third kappa shape index (κ3) is 4.13. The number of benzene rings is 2. The van der Waals surface area contributed by atoms with Gasteiger partial charge in [0.1, 0.15) is 18.0 Å². The number of hydrogen-bond acceptors (Lipinski definition) is 6. The van der Waals surface area contributed by atoms with E-state index >= 15 is 0 Å². The van der Waals surface area contributed by atoms with Crippen molar-refractivity contribution < 1.29 is 24.3 Å². The number of rotatable bonds is 6. The molecule has 2 aromatic heterocycles. The number of hydrogen-bond donors (Lipinski definition) is 3. The van der Waals surface area contributed by atoms with Crippen LogP contribution in [0.3, 0.4) is 0 Å². The van der Waals surface area contributed by atoms with E-state index in [-0.39, 0.29) is 5.69 Å². The summed E-state index contributed by atoms with van der Waals surface area (Å²) in [4.78, 5) is 26.7. The molecule has 4 rings (SSSR count). The molecule has 154 valence electrons. The topological polar surface area (TPSA) is 126 Å². The van der Waals surface area contributed by atoms with Crippen molar-refractivity contribution in [2.24, 2.45) is 0 Å². The van der Waals surface area contributed by atoms with Crippen LogP contribution in [-0.2, 0) is 4.79 Å². The molecule has 0 aliphatic heterocycles. The van der Waals surface area contributed by atoms with Crippen molar-refractivity contribution in [3.05, 3.63) is 78.6 Å². The average molecular weight is 415 g/mol. The lowest BCUT2D eigenvalue weighted by atomic mass is 9.97. The molecule has 2 aromatic carbocycles. The molecule has 0 bridgehead atoms. The number of aliphatic carboxylic acids is 1. The summed E-state index contributed by atoms with van der Waals surface area (Å²) in [6, 6.07) is 20.4. The van der Waals surface area contributed by atoms with Crippen LogP contribution in [0.1, 0.15) is 10.5 Å². The molecule has 0 unspecified atom stereocenters. The number of aromatic nitrogens is 2. The van der Waals surface area contributed by atoms with Crippen molar-refractivity contribution in [1.29, 1.82) is 0 Å². The maximum atomic E-state index is 12.1. The van der Waals surface area contributed by atoms with Gasteiger partial charge >= 0.3 is 5.97 Å². The van der Waals surface area contributed by atoms with Crippen LogP contribution in [-0.4, -0.2) is 38.8 Å². The Labute approximate surface area is 176 Å². The van der Waals surface area contributed by atoms with Gasteiger partial charge in [0, 0.05) is 17.3 Å². The third-order valence-corrected chi connectivity index (χ3v) is 4.55. The summed E-state index contributed by atoms with van der Waals surface area (Å²) in [5, 5.41) is 25.4. The standard InChI is InChI=1S/C23H17N3O5/c27-17-11-16(12-24-21(17)23(30)25-13-18(28)29)22-19(14-7-3-1-4-8-14)20(26-31-22)15-9-5-2-6-10-15/h1-12,27H,13H2,(H,25,30)(H,28,29). The number of pyridine rings is 1. The summed E-state index contributed by atoms with van der Waals surface area (Å²) in [7, 11) is 0. The van der Waals surface area contributed by atoms with E-state index in [2.05, 4.69) is 15.5 Å². The van der Waals surface area contributed by atoms with Gasteiger partial charge < -0.3 is 20.1 Å². The number of carbonyl (C=O) groups excluding carboxylic acids is 1. The maximum Gasteiger partial charge on any atom is 0.322 e. The second-order valence-electron chi connectivity index (χ2n) is 6.64. The van der Waals surface area contributed by atoms with Gasteiger partial charge in [-0.3, -0.25) is 9.59 Å². The van der Waals surface area contributed by atoms with Crippen LogP contribution in [0.2, 0.25) is 0 Å². The first-order valence-electron chi connectivity index (χ1n) is 9.34. The van der Waals surface area contributed by atoms with Crippen LogP contribution >= 0.6 is 0 Å². The summed E-state index contributed by atoms with van der Waals surface area (Å²) < 4.78 is 5.65. The number of carbonyl (C=O) groups is 2. The summed E-state index contributed by atoms with van der Waals surface area (Å²) in [5.74, 6) is -2.02. The maximum absolute atomic E-state index is 12.1. The van der Waals surface area contributed by atoms with E-state index in [1.807, 2.05) is 60.7 Å². The molecule has 8 heteroatoms. The third-order valence-electron chi connectivity index (χ3n) is 4.55. The highest BCUT2D eigenvalue weighted by atomic mass is 16.5. The normalized spacial score (nSPS) is 10.6. The SMILES string of the molecule is O=C(O)CNC(=O)c1ncc(-c2onc(-c3ccccc3)c2-c2ccccc2)cc1O. The molecule has 3 N–H and O–H groups in total. The highest BCUT2D eigenvalue weighted by molar-refractivity contribution is 5.97. The minimum Gasteiger partial charge on any atom is -0.505 e. The molecule has 0 saturated carbocycles. The van der Waals surface area contributed by atoms with Gasteiger partial charge in [-0.2, -0.15) is 0 Å². The zero-order chi connectivity index (χ0) is 21.8. The predicted octanol–water partition coefficient (Wildman–Crippen LogP) is 3.59. The minimum absolute atomic E-state index is 0.283. The highest BCUT2D eigenvalue weighted by Gasteiger charge is 2.23. The van der Waals surface area contributed by atoms with Crippen LogP contribution in [0.25, 0.3) is 33.7 Å². The van der Waals surface area contributed by atoms with Crippen LogP contribution in [0.5, 0.6) is 5.75 Å². The molecular formula is C23H17N3O5. The number of aromatic hydroxyl groups is 1. The largest absolute Gasteiger partial charge is 0.505 e. The number of amides is 1. The lowest BCUT2D eigenvalue weighted by molar-refractivity contribution is -0.135. The van der Waals surface area contributed by atoms with Gasteiger partial charge in [-0.25, -0.2) is 4.98 Å². The zero-order valence-corrected chi connectivity index (χ0v) is 16.1. The summed E-state index contributed by atoms with van der Waals surface area (Å²) in [5.41, 5.74) is 3.20. The smallest absolute Gasteiger partial charge is 0.322 e. The number of nitrogens with one attached hydrogen (secondary N) is 1. The van der Waals surface area contributed by atoms with Gasteiger partial charge in [-0.05, 0) is 11.6 Å². The van der Waals surface area contributed by atoms with Gasteiger partial charge in [0.25, 0.3) is 5.91 Å². The second-order valence-corrected chi connectivity index (χ2v) is 6.64. The van der Waals surface area contributed by atoms with E-state index in [0.29, 0.717) is 17.0 Å². The van der Waals surface area contributed by atoms with Crippen LogP contribution < -0.4 is 5.32 Å². The molecule has 0 fully saturated rings. The van der Waals surface area contributed by atoms with Gasteiger partial charge in [-0.15, -0.1) is 0 Å². The molecule has 0 aliphatic rings. The second kappa shape index (κ2) is 8.50.